The van der Waals surface area contributed by atoms with E-state index in [1.54, 1.807) is 0 Å². The van der Waals surface area contributed by atoms with Crippen LogP contribution in [0.25, 0.3) is 0 Å². The molecule has 6 heteroatoms. The Kier molecular flexibility index (Phi) is 3.99. The number of nitrogens with two attached hydrogens (primary N) is 2. The molecule has 100 valence electrons. The molecule has 3 nitrogen and oxygen atoms in total. The normalized spacial score (nSPS) is 12.4. The van der Waals surface area contributed by atoms with Crippen LogP contribution in [0.5, 0.6) is 0 Å². The maximum absolute atomic E-state index is 13.3. The van der Waals surface area contributed by atoms with Crippen LogP contribution in [0.4, 0.5) is 14.5 Å². The quantitative estimate of drug-likeness (QED) is 0.461. The van der Waals surface area contributed by atoms with E-state index in [0.29, 0.717) is 21.8 Å². The first kappa shape index (κ1) is 13.7. The zero-order chi connectivity index (χ0) is 14.0. The van der Waals surface area contributed by atoms with Crippen molar-refractivity contribution in [3.05, 3.63) is 64.2 Å². The van der Waals surface area contributed by atoms with Crippen molar-refractivity contribution in [1.29, 1.82) is 0 Å². The maximum atomic E-state index is 13.3. The summed E-state index contributed by atoms with van der Waals surface area (Å²) in [5.41, 5.74) is 9.39. The zero-order valence-corrected chi connectivity index (χ0v) is 10.6. The number of benzene rings is 2. The second-order valence-electron chi connectivity index (χ2n) is 4.04. The van der Waals surface area contributed by atoms with E-state index in [0.717, 1.165) is 0 Å². The summed E-state index contributed by atoms with van der Waals surface area (Å²) in [6.07, 6.45) is 0. The highest BCUT2D eigenvalue weighted by atomic mass is 35.5. The van der Waals surface area contributed by atoms with Gasteiger partial charge in [-0.1, -0.05) is 11.6 Å². The fourth-order valence-electron chi connectivity index (χ4n) is 1.88. The van der Waals surface area contributed by atoms with E-state index in [4.69, 9.17) is 23.2 Å². The first-order valence-electron chi connectivity index (χ1n) is 5.49. The maximum Gasteiger partial charge on any atom is 0.123 e. The van der Waals surface area contributed by atoms with Crippen LogP contribution in [0.3, 0.4) is 0 Å². The third-order valence-electron chi connectivity index (χ3n) is 2.80. The average molecular weight is 284 g/mol. The summed E-state index contributed by atoms with van der Waals surface area (Å²) < 4.78 is 26.6. The summed E-state index contributed by atoms with van der Waals surface area (Å²) in [6.45, 7) is 0. The summed E-state index contributed by atoms with van der Waals surface area (Å²) >= 11 is 6.01. The number of hydrogen-bond donors (Lipinski definition) is 3. The van der Waals surface area contributed by atoms with Crippen molar-refractivity contribution in [2.24, 2.45) is 5.84 Å². The highest BCUT2D eigenvalue weighted by molar-refractivity contribution is 6.31. The van der Waals surface area contributed by atoms with Gasteiger partial charge in [0.2, 0.25) is 0 Å². The minimum absolute atomic E-state index is 0.313. The Morgan fingerprint density at radius 2 is 1.58 bits per heavy atom. The third kappa shape index (κ3) is 2.84. The molecule has 2 aromatic rings. The van der Waals surface area contributed by atoms with Crippen molar-refractivity contribution in [3.63, 3.8) is 0 Å². The molecule has 0 heterocycles. The molecule has 1 unspecified atom stereocenters. The van der Waals surface area contributed by atoms with Crippen molar-refractivity contribution in [2.45, 2.75) is 6.04 Å². The number of hydrazine groups is 1. The Morgan fingerprint density at radius 1 is 1.00 bits per heavy atom. The third-order valence-corrected chi connectivity index (χ3v) is 3.14. The number of nitrogen functional groups attached to an aromatic ring is 1. The van der Waals surface area contributed by atoms with Gasteiger partial charge in [0.25, 0.3) is 0 Å². The molecule has 0 radical (unpaired) electrons. The Bertz CT molecular complexity index is 553. The molecule has 0 spiro atoms. The lowest BCUT2D eigenvalue weighted by molar-refractivity contribution is 0.596. The van der Waals surface area contributed by atoms with Crippen LogP contribution in [-0.4, -0.2) is 0 Å². The molecule has 0 bridgehead atoms. The molecule has 1 atom stereocenters. The molecule has 19 heavy (non-hydrogen) atoms. The lowest BCUT2D eigenvalue weighted by Crippen LogP contribution is -2.30. The number of hydrogen-bond acceptors (Lipinski definition) is 3. The van der Waals surface area contributed by atoms with E-state index in [1.165, 1.54) is 36.4 Å². The Balaban J connectivity index is 2.55. The molecule has 0 aliphatic rings. The van der Waals surface area contributed by atoms with Crippen molar-refractivity contribution < 1.29 is 8.78 Å². The number of rotatable bonds is 3. The predicted octanol–water partition coefficient (Wildman–Crippen LogP) is 2.75. The van der Waals surface area contributed by atoms with E-state index >= 15 is 0 Å². The van der Waals surface area contributed by atoms with Gasteiger partial charge in [-0.2, -0.15) is 0 Å². The van der Waals surface area contributed by atoms with Crippen molar-refractivity contribution in [2.75, 3.05) is 5.73 Å². The molecule has 0 aromatic heterocycles. The molecule has 0 saturated carbocycles. The minimum Gasteiger partial charge on any atom is -0.398 e. The summed E-state index contributed by atoms with van der Waals surface area (Å²) in [6, 6.07) is 7.07. The first-order valence-corrected chi connectivity index (χ1v) is 5.86. The van der Waals surface area contributed by atoms with E-state index in [2.05, 4.69) is 5.43 Å². The van der Waals surface area contributed by atoms with Gasteiger partial charge in [0.15, 0.2) is 0 Å². The second kappa shape index (κ2) is 5.52. The van der Waals surface area contributed by atoms with Gasteiger partial charge in [-0.15, -0.1) is 0 Å². The van der Waals surface area contributed by atoms with Crippen LogP contribution in [0.2, 0.25) is 5.02 Å². The monoisotopic (exact) mass is 283 g/mol. The van der Waals surface area contributed by atoms with Gasteiger partial charge in [0.05, 0.1) is 6.04 Å². The van der Waals surface area contributed by atoms with Gasteiger partial charge in [-0.3, -0.25) is 5.84 Å². The van der Waals surface area contributed by atoms with Gasteiger partial charge in [0.1, 0.15) is 11.6 Å². The van der Waals surface area contributed by atoms with Gasteiger partial charge < -0.3 is 5.73 Å². The Morgan fingerprint density at radius 3 is 2.21 bits per heavy atom. The Hall–Kier alpha value is -1.69. The Labute approximate surface area is 114 Å². The van der Waals surface area contributed by atoms with Crippen LogP contribution >= 0.6 is 11.6 Å². The van der Waals surface area contributed by atoms with Crippen LogP contribution < -0.4 is 17.0 Å². The second-order valence-corrected chi connectivity index (χ2v) is 4.45. The number of anilines is 1. The van der Waals surface area contributed by atoms with Gasteiger partial charge >= 0.3 is 0 Å². The molecule has 2 rings (SSSR count). The molecule has 0 fully saturated rings. The smallest absolute Gasteiger partial charge is 0.123 e. The minimum atomic E-state index is -0.695. The zero-order valence-electron chi connectivity index (χ0n) is 9.83. The van der Waals surface area contributed by atoms with E-state index in [9.17, 15) is 8.78 Å². The van der Waals surface area contributed by atoms with Crippen molar-refractivity contribution in [3.8, 4) is 0 Å². The summed E-state index contributed by atoms with van der Waals surface area (Å²) in [5, 5.41) is 0.313. The van der Waals surface area contributed by atoms with E-state index < -0.39 is 17.7 Å². The van der Waals surface area contributed by atoms with Crippen molar-refractivity contribution in [1.82, 2.24) is 5.43 Å². The fourth-order valence-corrected chi connectivity index (χ4v) is 2.11. The SMILES string of the molecule is NNC(c1cc(F)ccc1N)c1cc(F)ccc1Cl. The van der Waals surface area contributed by atoms with Crippen molar-refractivity contribution >= 4 is 17.3 Å². The lowest BCUT2D eigenvalue weighted by atomic mass is 9.97. The van der Waals surface area contributed by atoms with E-state index in [1.807, 2.05) is 0 Å². The molecule has 5 N–H and O–H groups in total. The summed E-state index contributed by atoms with van der Waals surface area (Å²) in [5.74, 6) is 4.54. The fraction of sp³-hybridized carbons (Fsp3) is 0.0769. The molecule has 0 amide bonds. The van der Waals surface area contributed by atoms with Crippen LogP contribution in [0.15, 0.2) is 36.4 Å². The molecule has 0 aliphatic carbocycles. The summed E-state index contributed by atoms with van der Waals surface area (Å²) in [4.78, 5) is 0. The topological polar surface area (TPSA) is 64.1 Å². The highest BCUT2D eigenvalue weighted by Gasteiger charge is 2.19. The first-order chi connectivity index (χ1) is 9.02. The van der Waals surface area contributed by atoms with Crippen LogP contribution in [-0.2, 0) is 0 Å². The van der Waals surface area contributed by atoms with E-state index in [-0.39, 0.29) is 0 Å². The number of nitrogens with one attached hydrogen (secondary N) is 1. The van der Waals surface area contributed by atoms with Crippen LogP contribution in [0, 0.1) is 11.6 Å². The average Bonchev–Trinajstić information content (AvgIpc) is 2.38. The summed E-state index contributed by atoms with van der Waals surface area (Å²) in [7, 11) is 0. The molecule has 2 aromatic carbocycles. The predicted molar refractivity (Wildman–Crippen MR) is 71.4 cm³/mol. The molecular formula is C13H12ClF2N3. The standard InChI is InChI=1S/C13H12ClF2N3/c14-11-3-1-7(15)5-9(11)13(19-18)10-6-8(16)2-4-12(10)17/h1-6,13,19H,17-18H2. The van der Waals surface area contributed by atoms with Gasteiger partial charge in [0, 0.05) is 16.3 Å². The molecule has 0 aliphatic heterocycles. The molecular weight excluding hydrogens is 272 g/mol. The van der Waals surface area contributed by atoms with Gasteiger partial charge in [-0.25, -0.2) is 14.2 Å². The largest absolute Gasteiger partial charge is 0.398 e. The highest BCUT2D eigenvalue weighted by Crippen LogP contribution is 2.31. The van der Waals surface area contributed by atoms with Gasteiger partial charge in [-0.05, 0) is 42.0 Å². The number of halogens is 3. The lowest BCUT2D eigenvalue weighted by Gasteiger charge is -2.20. The molecule has 0 saturated heterocycles. The van der Waals surface area contributed by atoms with Crippen LogP contribution in [0.1, 0.15) is 17.2 Å².